The molecule has 0 spiro atoms. The summed E-state index contributed by atoms with van der Waals surface area (Å²) < 4.78 is 14.4. The molecule has 2 aromatic rings. The first-order chi connectivity index (χ1) is 7.79. The number of carbonyl (C=O) groups excluding carboxylic acids is 1. The maximum absolute atomic E-state index is 11.6. The van der Waals surface area contributed by atoms with Crippen molar-refractivity contribution in [2.24, 2.45) is 0 Å². The number of methoxy groups -OCH3 is 1. The number of benzene rings is 1. The van der Waals surface area contributed by atoms with E-state index in [4.69, 9.17) is 9.47 Å². The van der Waals surface area contributed by atoms with Crippen LogP contribution in [-0.2, 0) is 0 Å². The van der Waals surface area contributed by atoms with Crippen LogP contribution in [0.15, 0.2) is 41.1 Å². The standard InChI is InChI=1S/C11H9NO4/c1-14-9-4-2-8(3-5-9)11(13)16-10-6-7-15-12-10/h2-7H,1H3. The molecule has 1 aromatic carbocycles. The van der Waals surface area contributed by atoms with Gasteiger partial charge in [-0.1, -0.05) is 0 Å². The van der Waals surface area contributed by atoms with Crippen LogP contribution >= 0.6 is 0 Å². The Balaban J connectivity index is 2.09. The predicted molar refractivity (Wildman–Crippen MR) is 54.5 cm³/mol. The second kappa shape index (κ2) is 4.48. The molecule has 0 bridgehead atoms. The van der Waals surface area contributed by atoms with Crippen LogP contribution in [0.1, 0.15) is 10.4 Å². The van der Waals surface area contributed by atoms with Crippen molar-refractivity contribution in [2.45, 2.75) is 0 Å². The average molecular weight is 219 g/mol. The van der Waals surface area contributed by atoms with E-state index >= 15 is 0 Å². The number of nitrogens with zero attached hydrogens (tertiary/aromatic N) is 1. The van der Waals surface area contributed by atoms with E-state index in [2.05, 4.69) is 9.68 Å². The van der Waals surface area contributed by atoms with Gasteiger partial charge in [-0.2, -0.15) is 0 Å². The summed E-state index contributed by atoms with van der Waals surface area (Å²) in [6.45, 7) is 0. The molecule has 82 valence electrons. The Bertz CT molecular complexity index is 461. The summed E-state index contributed by atoms with van der Waals surface area (Å²) in [5.74, 6) is 0.329. The summed E-state index contributed by atoms with van der Waals surface area (Å²) in [4.78, 5) is 11.6. The summed E-state index contributed by atoms with van der Waals surface area (Å²) in [5.41, 5.74) is 0.420. The van der Waals surface area contributed by atoms with Gasteiger partial charge in [-0.05, 0) is 29.4 Å². The van der Waals surface area contributed by atoms with Crippen molar-refractivity contribution in [1.82, 2.24) is 5.16 Å². The summed E-state index contributed by atoms with van der Waals surface area (Å²) in [5, 5.41) is 3.47. The van der Waals surface area contributed by atoms with Gasteiger partial charge in [0.15, 0.2) is 0 Å². The molecule has 5 heteroatoms. The second-order valence-corrected chi connectivity index (χ2v) is 2.96. The molecule has 0 fully saturated rings. The van der Waals surface area contributed by atoms with E-state index in [-0.39, 0.29) is 5.88 Å². The minimum atomic E-state index is -0.489. The molecule has 0 saturated heterocycles. The van der Waals surface area contributed by atoms with E-state index < -0.39 is 5.97 Å². The number of aromatic nitrogens is 1. The van der Waals surface area contributed by atoms with Gasteiger partial charge >= 0.3 is 5.97 Å². The first kappa shape index (κ1) is 10.2. The Hall–Kier alpha value is -2.30. The zero-order valence-corrected chi connectivity index (χ0v) is 8.54. The number of carbonyl (C=O) groups is 1. The largest absolute Gasteiger partial charge is 0.497 e. The Morgan fingerprint density at radius 2 is 2.00 bits per heavy atom. The molecule has 0 aliphatic heterocycles. The first-order valence-corrected chi connectivity index (χ1v) is 4.56. The summed E-state index contributed by atoms with van der Waals surface area (Å²) in [6, 6.07) is 8.04. The van der Waals surface area contributed by atoms with Crippen LogP contribution in [0, 0.1) is 0 Å². The quantitative estimate of drug-likeness (QED) is 0.738. The highest BCUT2D eigenvalue weighted by atomic mass is 16.6. The van der Waals surface area contributed by atoms with Crippen LogP contribution in [0.2, 0.25) is 0 Å². The smallest absolute Gasteiger partial charge is 0.344 e. The third-order valence-electron chi connectivity index (χ3n) is 1.94. The Kier molecular flexibility index (Phi) is 2.86. The fourth-order valence-corrected chi connectivity index (χ4v) is 1.14. The van der Waals surface area contributed by atoms with Crippen LogP contribution in [0.5, 0.6) is 11.6 Å². The van der Waals surface area contributed by atoms with Gasteiger partial charge in [0.1, 0.15) is 12.0 Å². The average Bonchev–Trinajstić information content (AvgIpc) is 2.82. The zero-order valence-electron chi connectivity index (χ0n) is 8.54. The van der Waals surface area contributed by atoms with Gasteiger partial charge in [0.2, 0.25) is 0 Å². The number of esters is 1. The summed E-state index contributed by atoms with van der Waals surface area (Å²) in [7, 11) is 1.56. The lowest BCUT2D eigenvalue weighted by atomic mass is 10.2. The third-order valence-corrected chi connectivity index (χ3v) is 1.94. The van der Waals surface area contributed by atoms with Gasteiger partial charge in [0.25, 0.3) is 5.88 Å². The lowest BCUT2D eigenvalue weighted by Crippen LogP contribution is -2.08. The fourth-order valence-electron chi connectivity index (χ4n) is 1.14. The van der Waals surface area contributed by atoms with Crippen molar-refractivity contribution >= 4 is 5.97 Å². The highest BCUT2D eigenvalue weighted by Gasteiger charge is 2.09. The van der Waals surface area contributed by atoms with Gasteiger partial charge in [0, 0.05) is 6.07 Å². The molecule has 1 heterocycles. The Labute approximate surface area is 91.6 Å². The van der Waals surface area contributed by atoms with E-state index in [0.29, 0.717) is 11.3 Å². The highest BCUT2D eigenvalue weighted by molar-refractivity contribution is 5.90. The minimum Gasteiger partial charge on any atom is -0.497 e. The molecule has 0 aliphatic carbocycles. The van der Waals surface area contributed by atoms with Crippen LogP contribution in [0.4, 0.5) is 0 Å². The molecule has 0 unspecified atom stereocenters. The van der Waals surface area contributed by atoms with Gasteiger partial charge in [-0.15, -0.1) is 0 Å². The van der Waals surface area contributed by atoms with Gasteiger partial charge in [-0.3, -0.25) is 0 Å². The highest BCUT2D eigenvalue weighted by Crippen LogP contribution is 2.13. The van der Waals surface area contributed by atoms with E-state index in [1.807, 2.05) is 0 Å². The second-order valence-electron chi connectivity index (χ2n) is 2.96. The minimum absolute atomic E-state index is 0.140. The van der Waals surface area contributed by atoms with Crippen molar-refractivity contribution in [2.75, 3.05) is 7.11 Å². The van der Waals surface area contributed by atoms with E-state index in [9.17, 15) is 4.79 Å². The summed E-state index contributed by atoms with van der Waals surface area (Å²) >= 11 is 0. The molecule has 0 atom stereocenters. The van der Waals surface area contributed by atoms with Gasteiger partial charge in [0.05, 0.1) is 12.7 Å². The van der Waals surface area contributed by atoms with Crippen LogP contribution in [-0.4, -0.2) is 18.2 Å². The molecule has 0 amide bonds. The molecule has 5 nitrogen and oxygen atoms in total. The van der Waals surface area contributed by atoms with Gasteiger partial charge < -0.3 is 14.0 Å². The lowest BCUT2D eigenvalue weighted by molar-refractivity contribution is 0.0721. The van der Waals surface area contributed by atoms with Crippen molar-refractivity contribution in [1.29, 1.82) is 0 Å². The Morgan fingerprint density at radius 3 is 2.56 bits per heavy atom. The fraction of sp³-hybridized carbons (Fsp3) is 0.0909. The van der Waals surface area contributed by atoms with Crippen LogP contribution < -0.4 is 9.47 Å². The molecule has 16 heavy (non-hydrogen) atoms. The molecular weight excluding hydrogens is 210 g/mol. The van der Waals surface area contributed by atoms with Crippen LogP contribution in [0.3, 0.4) is 0 Å². The Morgan fingerprint density at radius 1 is 1.25 bits per heavy atom. The molecular formula is C11H9NO4. The number of hydrogen-bond donors (Lipinski definition) is 0. The molecule has 0 saturated carbocycles. The molecule has 0 aliphatic rings. The van der Waals surface area contributed by atoms with E-state index in [0.717, 1.165) is 0 Å². The predicted octanol–water partition coefficient (Wildman–Crippen LogP) is 1.90. The molecule has 2 rings (SSSR count). The third kappa shape index (κ3) is 2.20. The number of rotatable bonds is 3. The molecule has 0 radical (unpaired) electrons. The lowest BCUT2D eigenvalue weighted by Gasteiger charge is -2.02. The first-order valence-electron chi connectivity index (χ1n) is 4.56. The molecule has 0 N–H and O–H groups in total. The van der Waals surface area contributed by atoms with Crippen molar-refractivity contribution in [3.05, 3.63) is 42.2 Å². The number of ether oxygens (including phenoxy) is 2. The van der Waals surface area contributed by atoms with Crippen molar-refractivity contribution in [3.63, 3.8) is 0 Å². The van der Waals surface area contributed by atoms with Crippen molar-refractivity contribution < 1.29 is 18.8 Å². The topological polar surface area (TPSA) is 61.6 Å². The van der Waals surface area contributed by atoms with E-state index in [1.54, 1.807) is 31.4 Å². The zero-order chi connectivity index (χ0) is 11.4. The summed E-state index contributed by atoms with van der Waals surface area (Å²) in [6.07, 6.45) is 1.33. The van der Waals surface area contributed by atoms with E-state index in [1.165, 1.54) is 12.3 Å². The van der Waals surface area contributed by atoms with Crippen LogP contribution in [0.25, 0.3) is 0 Å². The molecule has 1 aromatic heterocycles. The maximum atomic E-state index is 11.6. The number of hydrogen-bond acceptors (Lipinski definition) is 5. The van der Waals surface area contributed by atoms with Gasteiger partial charge in [-0.25, -0.2) is 4.79 Å². The van der Waals surface area contributed by atoms with Crippen molar-refractivity contribution in [3.8, 4) is 11.6 Å². The normalized spacial score (nSPS) is 9.81. The maximum Gasteiger partial charge on any atom is 0.344 e. The monoisotopic (exact) mass is 219 g/mol. The SMILES string of the molecule is COc1ccc(C(=O)Oc2ccon2)cc1.